The van der Waals surface area contributed by atoms with E-state index in [1.807, 2.05) is 0 Å². The van der Waals surface area contributed by atoms with Gasteiger partial charge in [-0.3, -0.25) is 0 Å². The fraction of sp³-hybridized carbons (Fsp3) is 0.800. The van der Waals surface area contributed by atoms with E-state index in [2.05, 4.69) is 25.9 Å². The summed E-state index contributed by atoms with van der Waals surface area (Å²) in [6.45, 7) is 8.35. The molecule has 0 radical (unpaired) electrons. The first-order valence-electron chi connectivity index (χ1n) is 8.05. The van der Waals surface area contributed by atoms with Gasteiger partial charge in [-0.05, 0) is 30.7 Å². The summed E-state index contributed by atoms with van der Waals surface area (Å²) in [5.74, 6) is 0. The molecule has 0 bridgehead atoms. The topological polar surface area (TPSA) is 97.0 Å². The summed E-state index contributed by atoms with van der Waals surface area (Å²) >= 11 is 0. The number of ether oxygens (including phenoxy) is 2. The van der Waals surface area contributed by atoms with Crippen LogP contribution in [-0.2, 0) is 9.47 Å². The van der Waals surface area contributed by atoms with Crippen LogP contribution in [0.25, 0.3) is 0 Å². The SMILES string of the molecule is CC(C)(C)COCCO.OB(O)c1ccn(C2CCCCO2)n1. The second kappa shape index (κ2) is 10.0. The Kier molecular flexibility index (Phi) is 8.79. The lowest BCUT2D eigenvalue weighted by Gasteiger charge is -2.22. The molecule has 3 N–H and O–H groups in total. The van der Waals surface area contributed by atoms with E-state index in [0.29, 0.717) is 13.2 Å². The Hall–Kier alpha value is -0.925. The average Bonchev–Trinajstić information content (AvgIpc) is 2.98. The number of nitrogens with zero attached hydrogens (tertiary/aromatic N) is 2. The third-order valence-electron chi connectivity index (χ3n) is 3.11. The monoisotopic (exact) mass is 328 g/mol. The smallest absolute Gasteiger partial charge is 0.422 e. The molecule has 8 heteroatoms. The highest BCUT2D eigenvalue weighted by molar-refractivity contribution is 6.57. The maximum atomic E-state index is 8.87. The van der Waals surface area contributed by atoms with Crippen molar-refractivity contribution in [3.63, 3.8) is 0 Å². The Bertz CT molecular complexity index is 428. The molecular weight excluding hydrogens is 299 g/mol. The van der Waals surface area contributed by atoms with Crippen molar-refractivity contribution in [2.24, 2.45) is 5.41 Å². The lowest BCUT2D eigenvalue weighted by molar-refractivity contribution is -0.0392. The molecule has 0 saturated carbocycles. The predicted molar refractivity (Wildman–Crippen MR) is 88.3 cm³/mol. The molecule has 23 heavy (non-hydrogen) atoms. The molecule has 1 aromatic heterocycles. The largest absolute Gasteiger partial charge is 0.510 e. The van der Waals surface area contributed by atoms with Gasteiger partial charge in [-0.1, -0.05) is 20.8 Å². The van der Waals surface area contributed by atoms with E-state index in [-0.39, 0.29) is 23.8 Å². The molecule has 0 spiro atoms. The van der Waals surface area contributed by atoms with Crippen LogP contribution in [0.3, 0.4) is 0 Å². The highest BCUT2D eigenvalue weighted by Crippen LogP contribution is 2.20. The van der Waals surface area contributed by atoms with Crippen LogP contribution in [0, 0.1) is 5.41 Å². The molecule has 1 saturated heterocycles. The van der Waals surface area contributed by atoms with Crippen LogP contribution >= 0.6 is 0 Å². The van der Waals surface area contributed by atoms with Crippen molar-refractivity contribution in [3.05, 3.63) is 12.3 Å². The van der Waals surface area contributed by atoms with Gasteiger partial charge in [0.05, 0.1) is 25.4 Å². The zero-order chi connectivity index (χ0) is 17.3. The summed E-state index contributed by atoms with van der Waals surface area (Å²) in [5, 5.41) is 30.1. The van der Waals surface area contributed by atoms with Crippen molar-refractivity contribution in [3.8, 4) is 0 Å². The van der Waals surface area contributed by atoms with Crippen LogP contribution in [0.1, 0.15) is 46.3 Å². The molecule has 2 heterocycles. The van der Waals surface area contributed by atoms with Gasteiger partial charge in [0.1, 0.15) is 6.23 Å². The Morgan fingerprint density at radius 1 is 1.39 bits per heavy atom. The van der Waals surface area contributed by atoms with E-state index in [0.717, 1.165) is 25.9 Å². The lowest BCUT2D eigenvalue weighted by Crippen LogP contribution is -2.32. The third-order valence-corrected chi connectivity index (χ3v) is 3.11. The molecule has 0 aromatic carbocycles. The Morgan fingerprint density at radius 2 is 2.13 bits per heavy atom. The second-order valence-corrected chi connectivity index (χ2v) is 6.75. The number of rotatable bonds is 5. The van der Waals surface area contributed by atoms with Gasteiger partial charge < -0.3 is 24.6 Å². The summed E-state index contributed by atoms with van der Waals surface area (Å²) in [6, 6.07) is 1.59. The Labute approximate surface area is 138 Å². The molecule has 1 aliphatic rings. The van der Waals surface area contributed by atoms with E-state index < -0.39 is 7.12 Å². The number of aliphatic hydroxyl groups is 1. The highest BCUT2D eigenvalue weighted by Gasteiger charge is 2.20. The minimum atomic E-state index is -1.50. The fourth-order valence-corrected chi connectivity index (χ4v) is 2.03. The van der Waals surface area contributed by atoms with Crippen LogP contribution in [-0.4, -0.2) is 58.5 Å². The number of aromatic nitrogens is 2. The minimum Gasteiger partial charge on any atom is -0.422 e. The molecule has 1 unspecified atom stereocenters. The normalized spacial score (nSPS) is 18.3. The molecular formula is C15H29BN2O5. The van der Waals surface area contributed by atoms with Gasteiger partial charge in [0.25, 0.3) is 0 Å². The zero-order valence-electron chi connectivity index (χ0n) is 14.3. The summed E-state index contributed by atoms with van der Waals surface area (Å²) in [5.41, 5.74) is 0.481. The molecule has 2 rings (SSSR count). The maximum absolute atomic E-state index is 8.87. The third kappa shape index (κ3) is 8.48. The standard InChI is InChI=1S/C8H13BN2O3.C7H16O2/c12-9(13)7-4-5-11(10-7)8-3-1-2-6-14-8;1-7(2,3)6-9-5-4-8/h4-5,8,12-13H,1-3,6H2;8H,4-6H2,1-3H3. The van der Waals surface area contributed by atoms with Crippen molar-refractivity contribution in [2.45, 2.75) is 46.3 Å². The van der Waals surface area contributed by atoms with Gasteiger partial charge in [0, 0.05) is 12.8 Å². The minimum absolute atomic E-state index is 0.0451. The quantitative estimate of drug-likeness (QED) is 0.531. The van der Waals surface area contributed by atoms with E-state index >= 15 is 0 Å². The molecule has 1 fully saturated rings. The van der Waals surface area contributed by atoms with E-state index in [4.69, 9.17) is 24.6 Å². The predicted octanol–water partition coefficient (Wildman–Crippen LogP) is 0.303. The molecule has 132 valence electrons. The van der Waals surface area contributed by atoms with Crippen LogP contribution in [0.2, 0.25) is 0 Å². The summed E-state index contributed by atoms with van der Waals surface area (Å²) in [6.07, 6.45) is 4.82. The van der Waals surface area contributed by atoms with E-state index in [1.165, 1.54) is 0 Å². The van der Waals surface area contributed by atoms with Crippen LogP contribution in [0.15, 0.2) is 12.3 Å². The molecule has 1 atom stereocenters. The van der Waals surface area contributed by atoms with Crippen molar-refractivity contribution in [2.75, 3.05) is 26.4 Å². The van der Waals surface area contributed by atoms with Crippen LogP contribution < -0.4 is 5.59 Å². The highest BCUT2D eigenvalue weighted by atomic mass is 16.5. The molecule has 1 aliphatic heterocycles. The van der Waals surface area contributed by atoms with Crippen LogP contribution in [0.5, 0.6) is 0 Å². The van der Waals surface area contributed by atoms with Gasteiger partial charge >= 0.3 is 7.12 Å². The Balaban J connectivity index is 0.000000257. The first-order valence-corrected chi connectivity index (χ1v) is 8.05. The molecule has 0 amide bonds. The van der Waals surface area contributed by atoms with Gasteiger partial charge in [-0.2, -0.15) is 5.10 Å². The summed E-state index contributed by atoms with van der Waals surface area (Å²) in [7, 11) is -1.50. The van der Waals surface area contributed by atoms with E-state index in [9.17, 15) is 0 Å². The molecule has 7 nitrogen and oxygen atoms in total. The summed E-state index contributed by atoms with van der Waals surface area (Å²) in [4.78, 5) is 0. The lowest BCUT2D eigenvalue weighted by atomic mass is 9.87. The molecule has 0 aliphatic carbocycles. The number of aliphatic hydroxyl groups excluding tert-OH is 1. The zero-order valence-corrected chi connectivity index (χ0v) is 14.3. The van der Waals surface area contributed by atoms with E-state index in [1.54, 1.807) is 16.9 Å². The van der Waals surface area contributed by atoms with Crippen molar-refractivity contribution < 1.29 is 24.6 Å². The average molecular weight is 328 g/mol. The van der Waals surface area contributed by atoms with Crippen molar-refractivity contribution in [1.82, 2.24) is 9.78 Å². The fourth-order valence-electron chi connectivity index (χ4n) is 2.03. The van der Waals surface area contributed by atoms with Crippen LogP contribution in [0.4, 0.5) is 0 Å². The first kappa shape index (κ1) is 20.1. The number of hydrogen-bond acceptors (Lipinski definition) is 6. The van der Waals surface area contributed by atoms with Gasteiger partial charge in [0.15, 0.2) is 0 Å². The van der Waals surface area contributed by atoms with Gasteiger partial charge in [0.2, 0.25) is 0 Å². The van der Waals surface area contributed by atoms with Crippen molar-refractivity contribution in [1.29, 1.82) is 0 Å². The van der Waals surface area contributed by atoms with Gasteiger partial charge in [-0.15, -0.1) is 0 Å². The Morgan fingerprint density at radius 3 is 2.61 bits per heavy atom. The first-order chi connectivity index (χ1) is 10.8. The van der Waals surface area contributed by atoms with Crippen molar-refractivity contribution >= 4 is 12.7 Å². The maximum Gasteiger partial charge on any atom is 0.510 e. The second-order valence-electron chi connectivity index (χ2n) is 6.75. The molecule has 1 aromatic rings. The number of hydrogen-bond donors (Lipinski definition) is 3. The summed E-state index contributed by atoms with van der Waals surface area (Å²) < 4.78 is 12.2. The van der Waals surface area contributed by atoms with Gasteiger partial charge in [-0.25, -0.2) is 4.68 Å².